The van der Waals surface area contributed by atoms with E-state index in [1.54, 1.807) is 42.6 Å². The van der Waals surface area contributed by atoms with Gasteiger partial charge in [-0.3, -0.25) is 5.32 Å². The first-order valence-corrected chi connectivity index (χ1v) is 7.00. The van der Waals surface area contributed by atoms with Gasteiger partial charge in [0.25, 0.3) is 0 Å². The zero-order chi connectivity index (χ0) is 16.7. The van der Waals surface area contributed by atoms with Crippen LogP contribution in [0.5, 0.6) is 11.5 Å². The summed E-state index contributed by atoms with van der Waals surface area (Å²) in [5.74, 6) is 1.54. The Morgan fingerprint density at radius 3 is 2.74 bits per heavy atom. The van der Waals surface area contributed by atoms with Crippen LogP contribution in [0.15, 0.2) is 42.6 Å². The van der Waals surface area contributed by atoms with Crippen molar-refractivity contribution in [1.82, 2.24) is 10.3 Å². The number of hydrogen-bond donors (Lipinski definition) is 3. The number of hydrogen-bond acceptors (Lipinski definition) is 5. The van der Waals surface area contributed by atoms with E-state index in [1.165, 1.54) is 14.2 Å². The molecule has 1 atom stereocenters. The molecule has 0 unspecified atom stereocenters. The molecule has 3 N–H and O–H groups in total. The summed E-state index contributed by atoms with van der Waals surface area (Å²) in [6.45, 7) is 0.0161. The Morgan fingerprint density at radius 1 is 1.26 bits per heavy atom. The lowest BCUT2D eigenvalue weighted by Gasteiger charge is -2.16. The Kier molecular flexibility index (Phi) is 5.76. The first kappa shape index (κ1) is 16.6. The zero-order valence-electron chi connectivity index (χ0n) is 12.9. The highest BCUT2D eigenvalue weighted by Gasteiger charge is 2.15. The minimum Gasteiger partial charge on any atom is -0.497 e. The molecule has 1 heterocycles. The van der Waals surface area contributed by atoms with Crippen molar-refractivity contribution in [3.63, 3.8) is 0 Å². The molecular weight excluding hydrogens is 298 g/mol. The fourth-order valence-electron chi connectivity index (χ4n) is 2.00. The average molecular weight is 317 g/mol. The van der Waals surface area contributed by atoms with Crippen LogP contribution in [0.4, 0.5) is 10.6 Å². The number of carbonyl (C=O) groups is 1. The molecule has 2 amide bonds. The summed E-state index contributed by atoms with van der Waals surface area (Å²) in [5, 5.41) is 15.4. The Labute approximate surface area is 134 Å². The second kappa shape index (κ2) is 8.00. The van der Waals surface area contributed by atoms with Crippen LogP contribution in [0.25, 0.3) is 0 Å². The van der Waals surface area contributed by atoms with Gasteiger partial charge in [0.2, 0.25) is 0 Å². The van der Waals surface area contributed by atoms with E-state index in [-0.39, 0.29) is 6.54 Å². The first-order chi connectivity index (χ1) is 11.1. The van der Waals surface area contributed by atoms with Crippen molar-refractivity contribution in [3.8, 4) is 11.5 Å². The van der Waals surface area contributed by atoms with Crippen LogP contribution in [0.1, 0.15) is 11.7 Å². The van der Waals surface area contributed by atoms with E-state index in [0.717, 1.165) is 0 Å². The monoisotopic (exact) mass is 317 g/mol. The van der Waals surface area contributed by atoms with Gasteiger partial charge < -0.3 is 19.9 Å². The molecule has 2 aromatic rings. The second-order valence-corrected chi connectivity index (χ2v) is 4.67. The van der Waals surface area contributed by atoms with E-state index in [4.69, 9.17) is 9.47 Å². The van der Waals surface area contributed by atoms with Gasteiger partial charge in [-0.2, -0.15) is 0 Å². The third-order valence-electron chi connectivity index (χ3n) is 3.16. The smallest absolute Gasteiger partial charge is 0.320 e. The highest BCUT2D eigenvalue weighted by atomic mass is 16.5. The number of benzene rings is 1. The van der Waals surface area contributed by atoms with Gasteiger partial charge in [0, 0.05) is 18.3 Å². The lowest BCUT2D eigenvalue weighted by molar-refractivity contribution is 0.170. The molecule has 0 aliphatic rings. The van der Waals surface area contributed by atoms with Gasteiger partial charge in [0.15, 0.2) is 0 Å². The van der Waals surface area contributed by atoms with Gasteiger partial charge >= 0.3 is 6.03 Å². The first-order valence-electron chi connectivity index (χ1n) is 7.00. The highest BCUT2D eigenvalue weighted by molar-refractivity contribution is 5.88. The van der Waals surface area contributed by atoms with Gasteiger partial charge in [-0.1, -0.05) is 6.07 Å². The van der Waals surface area contributed by atoms with Crippen LogP contribution in [0, 0.1) is 0 Å². The third-order valence-corrected chi connectivity index (χ3v) is 3.16. The van der Waals surface area contributed by atoms with E-state index < -0.39 is 12.1 Å². The molecular formula is C16H19N3O4. The molecule has 0 fully saturated rings. The van der Waals surface area contributed by atoms with Crippen molar-refractivity contribution in [2.45, 2.75) is 6.10 Å². The summed E-state index contributed by atoms with van der Waals surface area (Å²) in [7, 11) is 3.05. The van der Waals surface area contributed by atoms with Crippen molar-refractivity contribution in [1.29, 1.82) is 0 Å². The van der Waals surface area contributed by atoms with Gasteiger partial charge in [0.05, 0.1) is 14.2 Å². The SMILES string of the molecule is COc1ccc(OC)c([C@H](O)CNC(=O)Nc2ccccn2)c1. The van der Waals surface area contributed by atoms with Crippen LogP contribution in [0.2, 0.25) is 0 Å². The molecule has 0 saturated carbocycles. The Bertz CT molecular complexity index is 649. The van der Waals surface area contributed by atoms with Gasteiger partial charge in [-0.05, 0) is 30.3 Å². The molecule has 0 bridgehead atoms. The van der Waals surface area contributed by atoms with Crippen molar-refractivity contribution in [2.75, 3.05) is 26.1 Å². The standard InChI is InChI=1S/C16H19N3O4/c1-22-11-6-7-14(23-2)12(9-11)13(20)10-18-16(21)19-15-5-3-4-8-17-15/h3-9,13,20H,10H2,1-2H3,(H2,17,18,19,21)/t13-/m1/s1. The lowest BCUT2D eigenvalue weighted by atomic mass is 10.1. The van der Waals surface area contributed by atoms with E-state index in [0.29, 0.717) is 22.9 Å². The van der Waals surface area contributed by atoms with E-state index in [2.05, 4.69) is 15.6 Å². The van der Waals surface area contributed by atoms with Crippen molar-refractivity contribution >= 4 is 11.8 Å². The predicted octanol–water partition coefficient (Wildman–Crippen LogP) is 1.95. The molecule has 122 valence electrons. The minimum absolute atomic E-state index is 0.0161. The molecule has 0 aliphatic carbocycles. The normalized spacial score (nSPS) is 11.4. The summed E-state index contributed by atoms with van der Waals surface area (Å²) in [5.41, 5.74) is 0.532. The number of carbonyl (C=O) groups excluding carboxylic acids is 1. The topological polar surface area (TPSA) is 92.7 Å². The number of aliphatic hydroxyl groups is 1. The van der Waals surface area contributed by atoms with E-state index in [9.17, 15) is 9.90 Å². The fraction of sp³-hybridized carbons (Fsp3) is 0.250. The average Bonchev–Trinajstić information content (AvgIpc) is 2.60. The molecule has 1 aromatic heterocycles. The molecule has 0 saturated heterocycles. The molecule has 23 heavy (non-hydrogen) atoms. The minimum atomic E-state index is -0.936. The number of urea groups is 1. The molecule has 0 aliphatic heterocycles. The number of anilines is 1. The number of pyridine rings is 1. The predicted molar refractivity (Wildman–Crippen MR) is 85.8 cm³/mol. The Balaban J connectivity index is 1.96. The number of methoxy groups -OCH3 is 2. The van der Waals surface area contributed by atoms with Gasteiger partial charge in [-0.25, -0.2) is 9.78 Å². The second-order valence-electron chi connectivity index (χ2n) is 4.67. The molecule has 1 aromatic carbocycles. The number of aliphatic hydroxyl groups excluding tert-OH is 1. The van der Waals surface area contributed by atoms with Crippen molar-refractivity contribution < 1.29 is 19.4 Å². The molecule has 7 nitrogen and oxygen atoms in total. The summed E-state index contributed by atoms with van der Waals surface area (Å²) in [6, 6.07) is 9.83. The van der Waals surface area contributed by atoms with Crippen LogP contribution in [-0.2, 0) is 0 Å². The maximum Gasteiger partial charge on any atom is 0.320 e. The number of aromatic nitrogens is 1. The van der Waals surface area contributed by atoms with Crippen LogP contribution < -0.4 is 20.1 Å². The highest BCUT2D eigenvalue weighted by Crippen LogP contribution is 2.29. The number of nitrogens with zero attached hydrogens (tertiary/aromatic N) is 1. The van der Waals surface area contributed by atoms with Gasteiger partial charge in [0.1, 0.15) is 23.4 Å². The maximum atomic E-state index is 11.8. The van der Waals surface area contributed by atoms with Crippen LogP contribution >= 0.6 is 0 Å². The quantitative estimate of drug-likeness (QED) is 0.757. The third kappa shape index (κ3) is 4.58. The summed E-state index contributed by atoms with van der Waals surface area (Å²) in [4.78, 5) is 15.8. The van der Waals surface area contributed by atoms with Crippen molar-refractivity contribution in [2.24, 2.45) is 0 Å². The summed E-state index contributed by atoms with van der Waals surface area (Å²) in [6.07, 6.45) is 0.639. The zero-order valence-corrected chi connectivity index (χ0v) is 12.9. The van der Waals surface area contributed by atoms with Crippen LogP contribution in [-0.4, -0.2) is 36.9 Å². The van der Waals surface area contributed by atoms with Crippen LogP contribution in [0.3, 0.4) is 0 Å². The number of amides is 2. The van der Waals surface area contributed by atoms with Crippen molar-refractivity contribution in [3.05, 3.63) is 48.2 Å². The largest absolute Gasteiger partial charge is 0.497 e. The molecule has 0 spiro atoms. The van der Waals surface area contributed by atoms with Gasteiger partial charge in [-0.15, -0.1) is 0 Å². The number of ether oxygens (including phenoxy) is 2. The maximum absolute atomic E-state index is 11.8. The number of rotatable bonds is 6. The van der Waals surface area contributed by atoms with E-state index in [1.807, 2.05) is 0 Å². The lowest BCUT2D eigenvalue weighted by Crippen LogP contribution is -2.32. The fourth-order valence-corrected chi connectivity index (χ4v) is 2.00. The molecule has 2 rings (SSSR count). The molecule has 7 heteroatoms. The summed E-state index contributed by atoms with van der Waals surface area (Å²) < 4.78 is 10.3. The molecule has 0 radical (unpaired) electrons. The van der Waals surface area contributed by atoms with E-state index >= 15 is 0 Å². The Morgan fingerprint density at radius 2 is 2.09 bits per heavy atom. The summed E-state index contributed by atoms with van der Waals surface area (Å²) >= 11 is 0. The Hall–Kier alpha value is -2.80. The number of nitrogens with one attached hydrogen (secondary N) is 2.